The minimum Gasteiger partial charge on any atom is -0.493 e. The number of carboxylic acids is 1. The van der Waals surface area contributed by atoms with Crippen molar-refractivity contribution in [3.63, 3.8) is 0 Å². The highest BCUT2D eigenvalue weighted by Gasteiger charge is 2.26. The van der Waals surface area contributed by atoms with Crippen molar-refractivity contribution in [1.82, 2.24) is 0 Å². The summed E-state index contributed by atoms with van der Waals surface area (Å²) in [6, 6.07) is 4.15. The number of aliphatic carboxylic acids is 1. The summed E-state index contributed by atoms with van der Waals surface area (Å²) in [7, 11) is 2.10. The lowest BCUT2D eigenvalue weighted by Crippen LogP contribution is -2.20. The van der Waals surface area contributed by atoms with Crippen LogP contribution < -0.4 is 9.64 Å². The van der Waals surface area contributed by atoms with Crippen LogP contribution in [-0.4, -0.2) is 31.3 Å². The first-order valence-corrected chi connectivity index (χ1v) is 6.85. The molecule has 1 N–H and O–H groups in total. The van der Waals surface area contributed by atoms with Gasteiger partial charge in [-0.15, -0.1) is 0 Å². The van der Waals surface area contributed by atoms with E-state index >= 15 is 0 Å². The molecule has 1 aromatic carbocycles. The number of benzene rings is 1. The molecule has 102 valence electrons. The largest absolute Gasteiger partial charge is 0.493 e. The fourth-order valence-corrected chi connectivity index (χ4v) is 3.27. The van der Waals surface area contributed by atoms with Crippen LogP contribution in [0.3, 0.4) is 0 Å². The second-order valence-corrected chi connectivity index (χ2v) is 5.53. The van der Waals surface area contributed by atoms with Gasteiger partial charge in [0, 0.05) is 37.7 Å². The van der Waals surface area contributed by atoms with E-state index in [9.17, 15) is 4.79 Å². The Balaban J connectivity index is 1.96. The molecule has 3 rings (SSSR count). The molecule has 1 atom stereocenters. The number of ether oxygens (including phenoxy) is 1. The van der Waals surface area contributed by atoms with E-state index in [0.717, 1.165) is 38.2 Å². The van der Waals surface area contributed by atoms with Crippen LogP contribution in [0.2, 0.25) is 0 Å². The van der Waals surface area contributed by atoms with E-state index in [-0.39, 0.29) is 12.3 Å². The van der Waals surface area contributed by atoms with Gasteiger partial charge in [0.25, 0.3) is 0 Å². The first-order valence-electron chi connectivity index (χ1n) is 6.85. The van der Waals surface area contributed by atoms with Crippen molar-refractivity contribution in [2.75, 3.05) is 25.1 Å². The summed E-state index contributed by atoms with van der Waals surface area (Å²) in [6.07, 6.45) is 3.03. The van der Waals surface area contributed by atoms with Gasteiger partial charge in [0.2, 0.25) is 0 Å². The molecule has 0 spiro atoms. The molecular formula is C15H19NO3. The van der Waals surface area contributed by atoms with E-state index in [1.165, 1.54) is 16.8 Å². The second-order valence-electron chi connectivity index (χ2n) is 5.53. The van der Waals surface area contributed by atoms with Crippen LogP contribution in [0.5, 0.6) is 5.75 Å². The molecule has 0 aliphatic carbocycles. The van der Waals surface area contributed by atoms with E-state index in [1.54, 1.807) is 0 Å². The Bertz CT molecular complexity index is 512. The van der Waals surface area contributed by atoms with Gasteiger partial charge in [0.1, 0.15) is 5.75 Å². The summed E-state index contributed by atoms with van der Waals surface area (Å²) < 4.78 is 5.62. The average molecular weight is 261 g/mol. The Hall–Kier alpha value is -1.71. The molecule has 4 nitrogen and oxygen atoms in total. The highest BCUT2D eigenvalue weighted by atomic mass is 16.5. The van der Waals surface area contributed by atoms with Crippen LogP contribution in [0.15, 0.2) is 12.1 Å². The van der Waals surface area contributed by atoms with Crippen LogP contribution >= 0.6 is 0 Å². The predicted molar refractivity (Wildman–Crippen MR) is 73.0 cm³/mol. The van der Waals surface area contributed by atoms with E-state index < -0.39 is 5.97 Å². The van der Waals surface area contributed by atoms with Gasteiger partial charge in [-0.3, -0.25) is 4.79 Å². The molecule has 1 unspecified atom stereocenters. The zero-order valence-corrected chi connectivity index (χ0v) is 11.2. The number of hydrogen-bond donors (Lipinski definition) is 1. The molecule has 0 saturated carbocycles. The summed E-state index contributed by atoms with van der Waals surface area (Å²) in [5.74, 6) is 0.546. The van der Waals surface area contributed by atoms with Gasteiger partial charge in [-0.2, -0.15) is 0 Å². The van der Waals surface area contributed by atoms with Gasteiger partial charge in [0.15, 0.2) is 0 Å². The normalized spacial score (nSPS) is 21.3. The van der Waals surface area contributed by atoms with Crippen LogP contribution in [0.1, 0.15) is 24.0 Å². The summed E-state index contributed by atoms with van der Waals surface area (Å²) in [5, 5.41) is 8.99. The third-order valence-corrected chi connectivity index (χ3v) is 4.16. The van der Waals surface area contributed by atoms with Gasteiger partial charge in [-0.05, 0) is 30.4 Å². The fraction of sp³-hybridized carbons (Fsp3) is 0.533. The highest BCUT2D eigenvalue weighted by Crippen LogP contribution is 2.39. The maximum absolute atomic E-state index is 10.9. The molecule has 0 bridgehead atoms. The lowest BCUT2D eigenvalue weighted by molar-refractivity contribution is -0.138. The summed E-state index contributed by atoms with van der Waals surface area (Å²) in [4.78, 5) is 13.2. The highest BCUT2D eigenvalue weighted by molar-refractivity contribution is 5.68. The van der Waals surface area contributed by atoms with Crippen molar-refractivity contribution in [2.45, 2.75) is 25.7 Å². The fourth-order valence-electron chi connectivity index (χ4n) is 3.27. The standard InChI is InChI=1S/C15H19NO3/c1-16-6-4-10(9-14(17)18)8-11-2-3-13-12(15(11)16)5-7-19-13/h2-3,10H,4-9H2,1H3,(H,17,18). The third-order valence-electron chi connectivity index (χ3n) is 4.16. The molecule has 0 amide bonds. The quantitative estimate of drug-likeness (QED) is 0.885. The first-order chi connectivity index (χ1) is 9.15. The summed E-state index contributed by atoms with van der Waals surface area (Å²) >= 11 is 0. The van der Waals surface area contributed by atoms with E-state index in [0.29, 0.717) is 0 Å². The molecule has 1 aromatic rings. The molecule has 4 heteroatoms. The first kappa shape index (κ1) is 12.3. The Morgan fingerprint density at radius 1 is 1.53 bits per heavy atom. The Kier molecular flexibility index (Phi) is 3.09. The molecule has 2 heterocycles. The third kappa shape index (κ3) is 2.27. The number of carbonyl (C=O) groups is 1. The molecule has 0 aromatic heterocycles. The molecule has 19 heavy (non-hydrogen) atoms. The molecule has 2 aliphatic rings. The summed E-state index contributed by atoms with van der Waals surface area (Å²) in [6.45, 7) is 1.68. The second kappa shape index (κ2) is 4.76. The van der Waals surface area contributed by atoms with Crippen molar-refractivity contribution in [3.05, 3.63) is 23.3 Å². The number of carboxylic acid groups (broad SMARTS) is 1. The van der Waals surface area contributed by atoms with Crippen molar-refractivity contribution in [1.29, 1.82) is 0 Å². The van der Waals surface area contributed by atoms with Crippen LogP contribution in [0.4, 0.5) is 5.69 Å². The summed E-state index contributed by atoms with van der Waals surface area (Å²) in [5.41, 5.74) is 3.86. The van der Waals surface area contributed by atoms with Gasteiger partial charge in [-0.25, -0.2) is 0 Å². The maximum atomic E-state index is 10.9. The van der Waals surface area contributed by atoms with Gasteiger partial charge in [0.05, 0.1) is 6.61 Å². The Morgan fingerprint density at radius 2 is 2.37 bits per heavy atom. The minimum atomic E-state index is -0.694. The lowest BCUT2D eigenvalue weighted by Gasteiger charge is -2.22. The molecule has 2 aliphatic heterocycles. The Labute approximate surface area is 113 Å². The van der Waals surface area contributed by atoms with Gasteiger partial charge >= 0.3 is 5.97 Å². The molecule has 0 fully saturated rings. The molecular weight excluding hydrogens is 242 g/mol. The Morgan fingerprint density at radius 3 is 3.16 bits per heavy atom. The van der Waals surface area contributed by atoms with E-state index in [4.69, 9.17) is 9.84 Å². The number of rotatable bonds is 2. The van der Waals surface area contributed by atoms with Crippen molar-refractivity contribution < 1.29 is 14.6 Å². The zero-order chi connectivity index (χ0) is 13.4. The SMILES string of the molecule is CN1CCC(CC(=O)O)Cc2ccc3c(c21)CCO3. The van der Waals surface area contributed by atoms with Crippen LogP contribution in [-0.2, 0) is 17.6 Å². The van der Waals surface area contributed by atoms with Gasteiger partial charge < -0.3 is 14.7 Å². The average Bonchev–Trinajstić information content (AvgIpc) is 2.77. The van der Waals surface area contributed by atoms with E-state index in [2.05, 4.69) is 18.0 Å². The zero-order valence-electron chi connectivity index (χ0n) is 11.2. The van der Waals surface area contributed by atoms with Gasteiger partial charge in [-0.1, -0.05) is 6.07 Å². The van der Waals surface area contributed by atoms with E-state index in [1.807, 2.05) is 6.07 Å². The van der Waals surface area contributed by atoms with Crippen LogP contribution in [0.25, 0.3) is 0 Å². The smallest absolute Gasteiger partial charge is 0.303 e. The van der Waals surface area contributed by atoms with Crippen molar-refractivity contribution in [2.24, 2.45) is 5.92 Å². The van der Waals surface area contributed by atoms with Crippen molar-refractivity contribution >= 4 is 11.7 Å². The topological polar surface area (TPSA) is 49.8 Å². The number of nitrogens with zero attached hydrogens (tertiary/aromatic N) is 1. The molecule has 0 radical (unpaired) electrons. The molecule has 0 saturated heterocycles. The maximum Gasteiger partial charge on any atom is 0.303 e. The number of fused-ring (bicyclic) bond motifs is 3. The van der Waals surface area contributed by atoms with Crippen LogP contribution in [0, 0.1) is 5.92 Å². The van der Waals surface area contributed by atoms with Crippen molar-refractivity contribution in [3.8, 4) is 5.75 Å². The minimum absolute atomic E-state index is 0.238. The monoisotopic (exact) mass is 261 g/mol. The number of hydrogen-bond acceptors (Lipinski definition) is 3. The number of anilines is 1. The lowest BCUT2D eigenvalue weighted by atomic mass is 9.92. The predicted octanol–water partition coefficient (Wildman–Crippen LogP) is 2.09.